The quantitative estimate of drug-likeness (QED) is 0.868. The van der Waals surface area contributed by atoms with Crippen molar-refractivity contribution >= 4 is 17.3 Å². The van der Waals surface area contributed by atoms with Crippen LogP contribution in [0, 0.1) is 6.92 Å². The molecule has 2 rings (SSSR count). The summed E-state index contributed by atoms with van der Waals surface area (Å²) < 4.78 is 0. The number of carbonyl (C=O) groups is 1. The van der Waals surface area contributed by atoms with Crippen molar-refractivity contribution in [3.05, 3.63) is 15.6 Å². The Hall–Kier alpha value is -0.980. The highest BCUT2D eigenvalue weighted by atomic mass is 32.1. The van der Waals surface area contributed by atoms with E-state index in [4.69, 9.17) is 5.11 Å². The first kappa shape index (κ1) is 16.4. The third-order valence-electron chi connectivity index (χ3n) is 4.09. The molecule has 1 fully saturated rings. The second kappa shape index (κ2) is 7.33. The predicted molar refractivity (Wildman–Crippen MR) is 85.2 cm³/mol. The molecule has 1 aromatic rings. The summed E-state index contributed by atoms with van der Waals surface area (Å²) in [7, 11) is 0. The summed E-state index contributed by atoms with van der Waals surface area (Å²) in [4.78, 5) is 21.3. The molecule has 1 atom stereocenters. The maximum Gasteiger partial charge on any atom is 0.308 e. The first-order chi connectivity index (χ1) is 9.99. The topological polar surface area (TPSA) is 56.7 Å². The summed E-state index contributed by atoms with van der Waals surface area (Å²) in [6, 6.07) is 0. The smallest absolute Gasteiger partial charge is 0.308 e. The number of aromatic nitrogens is 1. The highest BCUT2D eigenvalue weighted by Gasteiger charge is 2.21. The third-order valence-corrected chi connectivity index (χ3v) is 5.48. The van der Waals surface area contributed by atoms with Crippen molar-refractivity contribution in [2.75, 3.05) is 39.3 Å². The minimum Gasteiger partial charge on any atom is -0.481 e. The van der Waals surface area contributed by atoms with Crippen LogP contribution in [0.5, 0.6) is 0 Å². The minimum absolute atomic E-state index is 0.0887. The second-order valence-corrected chi connectivity index (χ2v) is 6.88. The standard InChI is InChI=1S/C15H25N3O2S/c1-4-17-5-7-18(8-6-17)10-11(2)15-16-12(3)13(21-15)9-14(19)20/h11H,4-10H2,1-3H3,(H,19,20). The maximum absolute atomic E-state index is 10.8. The van der Waals surface area contributed by atoms with Gasteiger partial charge in [-0.3, -0.25) is 4.79 Å². The fourth-order valence-corrected chi connectivity index (χ4v) is 3.82. The molecule has 1 saturated heterocycles. The first-order valence-corrected chi connectivity index (χ1v) is 8.44. The molecule has 1 N–H and O–H groups in total. The van der Waals surface area contributed by atoms with Crippen molar-refractivity contribution < 1.29 is 9.90 Å². The molecule has 0 saturated carbocycles. The molecule has 0 radical (unpaired) electrons. The van der Waals surface area contributed by atoms with E-state index in [1.165, 1.54) is 0 Å². The highest BCUT2D eigenvalue weighted by molar-refractivity contribution is 7.11. The summed E-state index contributed by atoms with van der Waals surface area (Å²) in [6.45, 7) is 13.0. The van der Waals surface area contributed by atoms with E-state index in [1.54, 1.807) is 11.3 Å². The van der Waals surface area contributed by atoms with Crippen LogP contribution in [0.15, 0.2) is 0 Å². The van der Waals surface area contributed by atoms with E-state index in [9.17, 15) is 4.79 Å². The van der Waals surface area contributed by atoms with Crippen LogP contribution in [0.1, 0.15) is 35.3 Å². The third kappa shape index (κ3) is 4.49. The van der Waals surface area contributed by atoms with E-state index in [-0.39, 0.29) is 6.42 Å². The van der Waals surface area contributed by atoms with Gasteiger partial charge in [0, 0.05) is 43.5 Å². The van der Waals surface area contributed by atoms with Crippen molar-refractivity contribution in [2.45, 2.75) is 33.1 Å². The zero-order valence-electron chi connectivity index (χ0n) is 13.1. The normalized spacial score (nSPS) is 18.8. The van der Waals surface area contributed by atoms with E-state index >= 15 is 0 Å². The molecule has 21 heavy (non-hydrogen) atoms. The Kier molecular flexibility index (Phi) is 5.72. The van der Waals surface area contributed by atoms with E-state index in [1.807, 2.05) is 6.92 Å². The number of thiazole rings is 1. The molecule has 0 aliphatic carbocycles. The Morgan fingerprint density at radius 3 is 2.52 bits per heavy atom. The van der Waals surface area contributed by atoms with E-state index in [0.717, 1.165) is 54.8 Å². The van der Waals surface area contributed by atoms with Gasteiger partial charge in [0.05, 0.1) is 17.1 Å². The van der Waals surface area contributed by atoms with Crippen LogP contribution >= 0.6 is 11.3 Å². The van der Waals surface area contributed by atoms with Crippen molar-refractivity contribution in [1.29, 1.82) is 0 Å². The molecule has 0 amide bonds. The molecule has 118 valence electrons. The molecule has 1 unspecified atom stereocenters. The maximum atomic E-state index is 10.8. The predicted octanol–water partition coefficient (Wildman–Crippen LogP) is 1.82. The lowest BCUT2D eigenvalue weighted by Gasteiger charge is -2.35. The number of rotatable bonds is 6. The van der Waals surface area contributed by atoms with Gasteiger partial charge in [0.1, 0.15) is 0 Å². The average Bonchev–Trinajstić information content (AvgIpc) is 2.80. The Morgan fingerprint density at radius 2 is 1.95 bits per heavy atom. The molecular formula is C15H25N3O2S. The van der Waals surface area contributed by atoms with E-state index in [2.05, 4.69) is 28.6 Å². The van der Waals surface area contributed by atoms with Gasteiger partial charge in [0.2, 0.25) is 0 Å². The fourth-order valence-electron chi connectivity index (χ4n) is 2.72. The molecule has 0 spiro atoms. The van der Waals surface area contributed by atoms with Gasteiger partial charge in [-0.2, -0.15) is 0 Å². The molecule has 0 aromatic carbocycles. The number of carboxylic acids is 1. The summed E-state index contributed by atoms with van der Waals surface area (Å²) in [5.41, 5.74) is 0.875. The van der Waals surface area contributed by atoms with Crippen LogP contribution in [0.2, 0.25) is 0 Å². The van der Waals surface area contributed by atoms with E-state index < -0.39 is 5.97 Å². The van der Waals surface area contributed by atoms with Crippen LogP contribution in [0.4, 0.5) is 0 Å². The molecule has 2 heterocycles. The van der Waals surface area contributed by atoms with Gasteiger partial charge in [-0.05, 0) is 13.5 Å². The van der Waals surface area contributed by atoms with Crippen molar-refractivity contribution in [2.24, 2.45) is 0 Å². The largest absolute Gasteiger partial charge is 0.481 e. The summed E-state index contributed by atoms with van der Waals surface area (Å²) >= 11 is 1.56. The minimum atomic E-state index is -0.781. The fraction of sp³-hybridized carbons (Fsp3) is 0.733. The van der Waals surface area contributed by atoms with E-state index in [0.29, 0.717) is 5.92 Å². The Bertz CT molecular complexity index is 481. The summed E-state index contributed by atoms with van der Waals surface area (Å²) in [5, 5.41) is 9.99. The zero-order chi connectivity index (χ0) is 15.4. The Balaban J connectivity index is 1.91. The van der Waals surface area contributed by atoms with Crippen molar-refractivity contribution in [1.82, 2.24) is 14.8 Å². The number of hydrogen-bond donors (Lipinski definition) is 1. The first-order valence-electron chi connectivity index (χ1n) is 7.62. The summed E-state index contributed by atoms with van der Waals surface area (Å²) in [5.74, 6) is -0.416. The number of aliphatic carboxylic acids is 1. The molecular weight excluding hydrogens is 286 g/mol. The van der Waals surface area contributed by atoms with Crippen LogP contribution < -0.4 is 0 Å². The van der Waals surface area contributed by atoms with Gasteiger partial charge in [-0.15, -0.1) is 11.3 Å². The Labute approximate surface area is 130 Å². The van der Waals surface area contributed by atoms with Crippen molar-refractivity contribution in [3.63, 3.8) is 0 Å². The average molecular weight is 311 g/mol. The number of aryl methyl sites for hydroxylation is 1. The van der Waals surface area contributed by atoms with Gasteiger partial charge >= 0.3 is 5.97 Å². The molecule has 5 nitrogen and oxygen atoms in total. The second-order valence-electron chi connectivity index (χ2n) is 5.77. The van der Waals surface area contributed by atoms with Crippen LogP contribution in [-0.4, -0.2) is 65.1 Å². The Morgan fingerprint density at radius 1 is 1.33 bits per heavy atom. The molecule has 1 aromatic heterocycles. The monoisotopic (exact) mass is 311 g/mol. The van der Waals surface area contributed by atoms with Gasteiger partial charge in [-0.1, -0.05) is 13.8 Å². The van der Waals surface area contributed by atoms with Crippen LogP contribution in [0.3, 0.4) is 0 Å². The lowest BCUT2D eigenvalue weighted by Crippen LogP contribution is -2.47. The summed E-state index contributed by atoms with van der Waals surface area (Å²) in [6.07, 6.45) is 0.0887. The number of hydrogen-bond acceptors (Lipinski definition) is 5. The van der Waals surface area contributed by atoms with Crippen molar-refractivity contribution in [3.8, 4) is 0 Å². The number of likely N-dealkylation sites (N-methyl/N-ethyl adjacent to an activating group) is 1. The highest BCUT2D eigenvalue weighted by Crippen LogP contribution is 2.26. The molecule has 1 aliphatic rings. The van der Waals surface area contributed by atoms with Gasteiger partial charge < -0.3 is 14.9 Å². The van der Waals surface area contributed by atoms with Gasteiger partial charge in [-0.25, -0.2) is 4.98 Å². The van der Waals surface area contributed by atoms with Crippen LogP contribution in [0.25, 0.3) is 0 Å². The molecule has 6 heteroatoms. The molecule has 0 bridgehead atoms. The zero-order valence-corrected chi connectivity index (χ0v) is 13.9. The van der Waals surface area contributed by atoms with Gasteiger partial charge in [0.15, 0.2) is 0 Å². The number of piperazine rings is 1. The lowest BCUT2D eigenvalue weighted by atomic mass is 10.1. The number of nitrogens with zero attached hydrogens (tertiary/aromatic N) is 3. The lowest BCUT2D eigenvalue weighted by molar-refractivity contribution is -0.136. The SMILES string of the molecule is CCN1CCN(CC(C)c2nc(C)c(CC(=O)O)s2)CC1. The van der Waals surface area contributed by atoms with Crippen LogP contribution in [-0.2, 0) is 11.2 Å². The molecule has 1 aliphatic heterocycles. The van der Waals surface area contributed by atoms with Gasteiger partial charge in [0.25, 0.3) is 0 Å². The number of carboxylic acid groups (broad SMARTS) is 1.